The zero-order valence-electron chi connectivity index (χ0n) is 10.1. The van der Waals surface area contributed by atoms with Crippen LogP contribution in [0.2, 0.25) is 0 Å². The van der Waals surface area contributed by atoms with Gasteiger partial charge in [-0.3, -0.25) is 0 Å². The summed E-state index contributed by atoms with van der Waals surface area (Å²) >= 11 is 6.93. The lowest BCUT2D eigenvalue weighted by Gasteiger charge is -2.11. The van der Waals surface area contributed by atoms with E-state index in [4.69, 9.17) is 0 Å². The van der Waals surface area contributed by atoms with Gasteiger partial charge in [0.05, 0.1) is 0 Å². The van der Waals surface area contributed by atoms with Gasteiger partial charge in [0, 0.05) is 28.8 Å². The first-order valence-electron chi connectivity index (χ1n) is 5.66. The van der Waals surface area contributed by atoms with Crippen LogP contribution in [0.15, 0.2) is 45.9 Å². The molecule has 96 valence electrons. The summed E-state index contributed by atoms with van der Waals surface area (Å²) in [5.74, 6) is 0.723. The molecule has 4 nitrogen and oxygen atoms in total. The number of imidazole rings is 1. The van der Waals surface area contributed by atoms with Crippen molar-refractivity contribution in [3.63, 3.8) is 0 Å². The van der Waals surface area contributed by atoms with Crippen LogP contribution in [0.4, 0.5) is 11.5 Å². The minimum Gasteiger partial charge on any atom is -0.337 e. The number of hydrogen-bond acceptors (Lipinski definition) is 3. The molecule has 0 radical (unpaired) electrons. The second kappa shape index (κ2) is 4.94. The number of nitrogens with zero attached hydrogens (tertiary/aromatic N) is 3. The van der Waals surface area contributed by atoms with Crippen LogP contribution < -0.4 is 5.32 Å². The van der Waals surface area contributed by atoms with Crippen LogP contribution in [0.5, 0.6) is 0 Å². The van der Waals surface area contributed by atoms with Crippen LogP contribution in [0.25, 0.3) is 5.65 Å². The van der Waals surface area contributed by atoms with Gasteiger partial charge < -0.3 is 9.72 Å². The predicted molar refractivity (Wildman–Crippen MR) is 82.8 cm³/mol. The van der Waals surface area contributed by atoms with Crippen molar-refractivity contribution in [2.24, 2.45) is 0 Å². The molecule has 1 aromatic carbocycles. The molecule has 0 bridgehead atoms. The third-order valence-corrected chi connectivity index (χ3v) is 4.11. The maximum atomic E-state index is 4.45. The zero-order valence-corrected chi connectivity index (χ0v) is 13.2. The van der Waals surface area contributed by atoms with Crippen molar-refractivity contribution in [2.45, 2.75) is 6.92 Å². The van der Waals surface area contributed by atoms with E-state index in [1.807, 2.05) is 41.9 Å². The molecule has 0 saturated heterocycles. The summed E-state index contributed by atoms with van der Waals surface area (Å²) in [5, 5.41) is 3.33. The molecule has 19 heavy (non-hydrogen) atoms. The largest absolute Gasteiger partial charge is 0.337 e. The summed E-state index contributed by atoms with van der Waals surface area (Å²) in [4.78, 5) is 8.76. The summed E-state index contributed by atoms with van der Waals surface area (Å²) < 4.78 is 3.74. The first-order chi connectivity index (χ1) is 9.15. The van der Waals surface area contributed by atoms with Gasteiger partial charge in [0.15, 0.2) is 11.5 Å². The first-order valence-corrected chi connectivity index (χ1v) is 7.25. The number of anilines is 2. The van der Waals surface area contributed by atoms with Crippen molar-refractivity contribution < 1.29 is 0 Å². The minimum absolute atomic E-state index is 0.723. The topological polar surface area (TPSA) is 42.2 Å². The monoisotopic (exact) mass is 380 g/mol. The number of halogens is 2. The molecule has 2 heterocycles. The van der Waals surface area contributed by atoms with E-state index in [-0.39, 0.29) is 0 Å². The Kier molecular flexibility index (Phi) is 3.28. The normalized spacial score (nSPS) is 10.9. The zero-order chi connectivity index (χ0) is 13.4. The molecule has 1 N–H and O–H groups in total. The van der Waals surface area contributed by atoms with Gasteiger partial charge in [-0.1, -0.05) is 22.0 Å². The molecule has 0 amide bonds. The molecule has 2 aromatic heterocycles. The van der Waals surface area contributed by atoms with E-state index >= 15 is 0 Å². The Labute approximate surface area is 127 Å². The van der Waals surface area contributed by atoms with Crippen molar-refractivity contribution in [3.8, 4) is 0 Å². The van der Waals surface area contributed by atoms with Crippen LogP contribution in [0.1, 0.15) is 5.56 Å². The fourth-order valence-corrected chi connectivity index (χ4v) is 2.62. The lowest BCUT2D eigenvalue weighted by Crippen LogP contribution is -2.00. The smallest absolute Gasteiger partial charge is 0.180 e. The van der Waals surface area contributed by atoms with Gasteiger partial charge in [0.1, 0.15) is 4.60 Å². The molecule has 0 fully saturated rings. The highest BCUT2D eigenvalue weighted by Gasteiger charge is 2.09. The number of hydrogen-bond donors (Lipinski definition) is 1. The van der Waals surface area contributed by atoms with Crippen LogP contribution in [0, 0.1) is 6.92 Å². The summed E-state index contributed by atoms with van der Waals surface area (Å²) in [7, 11) is 0. The maximum absolute atomic E-state index is 4.45. The van der Waals surface area contributed by atoms with E-state index in [0.717, 1.165) is 31.8 Å². The molecule has 6 heteroatoms. The van der Waals surface area contributed by atoms with Crippen molar-refractivity contribution >= 4 is 49.0 Å². The van der Waals surface area contributed by atoms with Crippen molar-refractivity contribution in [2.75, 3.05) is 5.32 Å². The molecule has 0 atom stereocenters. The summed E-state index contributed by atoms with van der Waals surface area (Å²) in [5.41, 5.74) is 2.93. The minimum atomic E-state index is 0.723. The Morgan fingerprint density at radius 3 is 2.95 bits per heavy atom. The molecule has 0 spiro atoms. The van der Waals surface area contributed by atoms with E-state index in [0.29, 0.717) is 0 Å². The third-order valence-electron chi connectivity index (χ3n) is 2.87. The second-order valence-corrected chi connectivity index (χ2v) is 5.77. The highest BCUT2D eigenvalue weighted by atomic mass is 79.9. The fraction of sp³-hybridized carbons (Fsp3) is 0.0769. The van der Waals surface area contributed by atoms with Gasteiger partial charge >= 0.3 is 0 Å². The third kappa shape index (κ3) is 2.37. The number of rotatable bonds is 2. The molecule has 0 aliphatic rings. The Morgan fingerprint density at radius 1 is 1.26 bits per heavy atom. The van der Waals surface area contributed by atoms with Gasteiger partial charge in [0.25, 0.3) is 0 Å². The maximum Gasteiger partial charge on any atom is 0.180 e. The molecule has 0 aliphatic carbocycles. The number of aromatic nitrogens is 3. The molecule has 3 aromatic rings. The lowest BCUT2D eigenvalue weighted by molar-refractivity contribution is 1.10. The highest BCUT2D eigenvalue weighted by molar-refractivity contribution is 9.10. The fourth-order valence-electron chi connectivity index (χ4n) is 1.86. The van der Waals surface area contributed by atoms with Gasteiger partial charge in [-0.2, -0.15) is 0 Å². The highest BCUT2D eigenvalue weighted by Crippen LogP contribution is 2.27. The predicted octanol–water partition coefficient (Wildman–Crippen LogP) is 4.31. The van der Waals surface area contributed by atoms with E-state index in [9.17, 15) is 0 Å². The van der Waals surface area contributed by atoms with Crippen LogP contribution in [-0.4, -0.2) is 14.4 Å². The Balaban J connectivity index is 2.10. The average Bonchev–Trinajstić information content (AvgIpc) is 2.83. The summed E-state index contributed by atoms with van der Waals surface area (Å²) in [6.45, 7) is 2.05. The van der Waals surface area contributed by atoms with Crippen molar-refractivity contribution in [3.05, 3.63) is 51.4 Å². The van der Waals surface area contributed by atoms with Crippen molar-refractivity contribution in [1.29, 1.82) is 0 Å². The SMILES string of the molecule is Cc1c(Br)cccc1Nc1nc(Br)cn2ccnc12. The van der Waals surface area contributed by atoms with Crippen LogP contribution in [-0.2, 0) is 0 Å². The Hall–Kier alpha value is -1.40. The van der Waals surface area contributed by atoms with E-state index in [1.54, 1.807) is 6.20 Å². The Morgan fingerprint density at radius 2 is 2.11 bits per heavy atom. The summed E-state index contributed by atoms with van der Waals surface area (Å²) in [6.07, 6.45) is 5.52. The van der Waals surface area contributed by atoms with E-state index in [2.05, 4.69) is 47.1 Å². The molecule has 0 aliphatic heterocycles. The molecule has 0 saturated carbocycles. The number of nitrogens with one attached hydrogen (secondary N) is 1. The molecular weight excluding hydrogens is 372 g/mol. The quantitative estimate of drug-likeness (QED) is 0.719. The molecular formula is C13H10Br2N4. The average molecular weight is 382 g/mol. The van der Waals surface area contributed by atoms with E-state index < -0.39 is 0 Å². The standard InChI is InChI=1S/C13H10Br2N4/c1-8-9(14)3-2-4-10(8)17-12-13-16-5-6-19(13)7-11(15)18-12/h2-7H,1H3,(H,17,18). The summed E-state index contributed by atoms with van der Waals surface area (Å²) in [6, 6.07) is 6.02. The van der Waals surface area contributed by atoms with Gasteiger partial charge in [-0.25, -0.2) is 9.97 Å². The van der Waals surface area contributed by atoms with Crippen LogP contribution in [0.3, 0.4) is 0 Å². The van der Waals surface area contributed by atoms with Gasteiger partial charge in [-0.05, 0) is 40.5 Å². The van der Waals surface area contributed by atoms with Gasteiger partial charge in [-0.15, -0.1) is 0 Å². The second-order valence-electron chi connectivity index (χ2n) is 4.11. The Bertz CT molecular complexity index is 751. The first kappa shape index (κ1) is 12.6. The van der Waals surface area contributed by atoms with Gasteiger partial charge in [0.2, 0.25) is 0 Å². The molecule has 0 unspecified atom stereocenters. The number of fused-ring (bicyclic) bond motifs is 1. The van der Waals surface area contributed by atoms with Crippen molar-refractivity contribution in [1.82, 2.24) is 14.4 Å². The molecule has 3 rings (SSSR count). The lowest BCUT2D eigenvalue weighted by atomic mass is 10.2. The van der Waals surface area contributed by atoms with E-state index in [1.165, 1.54) is 0 Å². The number of benzene rings is 1. The van der Waals surface area contributed by atoms with Crippen LogP contribution >= 0.6 is 31.9 Å².